The molecule has 0 radical (unpaired) electrons. The Bertz CT molecular complexity index is 800. The van der Waals surface area contributed by atoms with Gasteiger partial charge >= 0.3 is 0 Å². The fourth-order valence-corrected chi connectivity index (χ4v) is 3.27. The van der Waals surface area contributed by atoms with E-state index in [4.69, 9.17) is 17.0 Å². The molecule has 20 heavy (non-hydrogen) atoms. The van der Waals surface area contributed by atoms with Crippen LogP contribution in [0.1, 0.15) is 16.8 Å². The largest absolute Gasteiger partial charge is 0.497 e. The molecule has 1 aromatic carbocycles. The zero-order valence-electron chi connectivity index (χ0n) is 11.3. The van der Waals surface area contributed by atoms with Crippen LogP contribution >= 0.6 is 23.6 Å². The molecule has 3 rings (SSSR count). The Kier molecular flexibility index (Phi) is 3.58. The van der Waals surface area contributed by atoms with E-state index < -0.39 is 0 Å². The molecule has 0 atom stereocenters. The Morgan fingerprint density at radius 2 is 2.30 bits per heavy atom. The number of benzene rings is 1. The summed E-state index contributed by atoms with van der Waals surface area (Å²) in [6.07, 6.45) is 2.97. The maximum absolute atomic E-state index is 5.41. The first-order valence-corrected chi connectivity index (χ1v) is 7.64. The number of fused-ring (bicyclic) bond motifs is 1. The average molecular weight is 305 g/mol. The molecule has 2 aromatic heterocycles. The van der Waals surface area contributed by atoms with Crippen LogP contribution in [0, 0.1) is 4.77 Å². The van der Waals surface area contributed by atoms with Gasteiger partial charge in [0.2, 0.25) is 0 Å². The van der Waals surface area contributed by atoms with Crippen molar-refractivity contribution in [1.82, 2.24) is 14.5 Å². The number of thiazole rings is 1. The van der Waals surface area contributed by atoms with Crippen LogP contribution in [0.3, 0.4) is 0 Å². The third-order valence-corrected chi connectivity index (χ3v) is 4.67. The van der Waals surface area contributed by atoms with Crippen LogP contribution in [-0.4, -0.2) is 21.6 Å². The van der Waals surface area contributed by atoms with Gasteiger partial charge in [0, 0.05) is 17.1 Å². The number of H-pyrrole nitrogens is 1. The summed E-state index contributed by atoms with van der Waals surface area (Å²) in [4.78, 5) is 8.97. The maximum Gasteiger partial charge on any atom is 0.178 e. The molecule has 0 aliphatic rings. The molecule has 1 N–H and O–H groups in total. The van der Waals surface area contributed by atoms with Crippen LogP contribution in [0.4, 0.5) is 0 Å². The molecule has 0 aliphatic heterocycles. The number of aromatic amines is 1. The Hall–Kier alpha value is -1.66. The molecule has 0 fully saturated rings. The van der Waals surface area contributed by atoms with Crippen LogP contribution in [-0.2, 0) is 13.0 Å². The molecular weight excluding hydrogens is 290 g/mol. The van der Waals surface area contributed by atoms with Crippen molar-refractivity contribution in [3.63, 3.8) is 0 Å². The number of rotatable bonds is 4. The van der Waals surface area contributed by atoms with E-state index in [1.807, 2.05) is 24.4 Å². The van der Waals surface area contributed by atoms with E-state index in [2.05, 4.69) is 21.5 Å². The van der Waals surface area contributed by atoms with Crippen molar-refractivity contribution in [2.75, 3.05) is 7.11 Å². The first-order chi connectivity index (χ1) is 9.71. The number of imidazole rings is 1. The molecule has 0 aliphatic carbocycles. The minimum atomic E-state index is 0.704. The number of hydrogen-bond acceptors (Lipinski definition) is 4. The van der Waals surface area contributed by atoms with Crippen molar-refractivity contribution in [3.8, 4) is 5.75 Å². The van der Waals surface area contributed by atoms with Crippen LogP contribution in [0.5, 0.6) is 5.75 Å². The van der Waals surface area contributed by atoms with E-state index in [1.54, 1.807) is 18.4 Å². The third-order valence-electron chi connectivity index (χ3n) is 3.22. The van der Waals surface area contributed by atoms with Crippen molar-refractivity contribution < 1.29 is 4.74 Å². The van der Waals surface area contributed by atoms with Gasteiger partial charge in [0.15, 0.2) is 4.77 Å². The van der Waals surface area contributed by atoms with Gasteiger partial charge in [-0.2, -0.15) is 0 Å². The average Bonchev–Trinajstić information content (AvgIpc) is 3.04. The number of hydrogen-bond donors (Lipinski definition) is 1. The summed E-state index contributed by atoms with van der Waals surface area (Å²) >= 11 is 7.15. The van der Waals surface area contributed by atoms with Gasteiger partial charge in [0.05, 0.1) is 24.7 Å². The Morgan fingerprint density at radius 3 is 3.00 bits per heavy atom. The highest BCUT2D eigenvalue weighted by atomic mass is 32.1. The molecule has 6 heteroatoms. The highest BCUT2D eigenvalue weighted by Crippen LogP contribution is 2.22. The number of aryl methyl sites for hydroxylation is 1. The van der Waals surface area contributed by atoms with Crippen molar-refractivity contribution in [3.05, 3.63) is 39.1 Å². The fourth-order valence-electron chi connectivity index (χ4n) is 2.15. The van der Waals surface area contributed by atoms with Gasteiger partial charge in [-0.25, -0.2) is 4.98 Å². The second-order valence-corrected chi connectivity index (χ2v) is 6.06. The van der Waals surface area contributed by atoms with E-state index >= 15 is 0 Å². The minimum absolute atomic E-state index is 0.704. The van der Waals surface area contributed by atoms with Crippen molar-refractivity contribution >= 4 is 34.6 Å². The van der Waals surface area contributed by atoms with Crippen LogP contribution in [0.25, 0.3) is 11.0 Å². The molecular formula is C14H15N3OS2. The van der Waals surface area contributed by atoms with Gasteiger partial charge < -0.3 is 14.3 Å². The number of nitrogens with zero attached hydrogens (tertiary/aromatic N) is 2. The highest BCUT2D eigenvalue weighted by molar-refractivity contribution is 7.71. The molecule has 104 valence electrons. The van der Waals surface area contributed by atoms with Crippen LogP contribution < -0.4 is 4.74 Å². The summed E-state index contributed by atoms with van der Waals surface area (Å²) in [5, 5.41) is 1.08. The first-order valence-electron chi connectivity index (χ1n) is 6.41. The van der Waals surface area contributed by atoms with Crippen LogP contribution in [0.2, 0.25) is 0 Å². The number of methoxy groups -OCH3 is 1. The van der Waals surface area contributed by atoms with E-state index in [0.717, 1.165) is 28.2 Å². The van der Waals surface area contributed by atoms with E-state index in [0.29, 0.717) is 11.3 Å². The molecule has 0 amide bonds. The Morgan fingerprint density at radius 1 is 1.45 bits per heavy atom. The zero-order chi connectivity index (χ0) is 14.1. The predicted octanol–water partition coefficient (Wildman–Crippen LogP) is 3.77. The minimum Gasteiger partial charge on any atom is -0.497 e. The Labute approximate surface area is 126 Å². The summed E-state index contributed by atoms with van der Waals surface area (Å²) in [6, 6.07) is 5.93. The lowest BCUT2D eigenvalue weighted by Crippen LogP contribution is -1.98. The van der Waals surface area contributed by atoms with Gasteiger partial charge in [0.25, 0.3) is 0 Å². The number of ether oxygens (including phenoxy) is 1. The lowest BCUT2D eigenvalue weighted by atomic mass is 10.3. The topological polar surface area (TPSA) is 42.8 Å². The van der Waals surface area contributed by atoms with E-state index in [-0.39, 0.29) is 0 Å². The first kappa shape index (κ1) is 13.3. The number of nitrogens with one attached hydrogen (secondary N) is 1. The second kappa shape index (κ2) is 5.38. The maximum atomic E-state index is 5.41. The second-order valence-electron chi connectivity index (χ2n) is 4.47. The van der Waals surface area contributed by atoms with Gasteiger partial charge in [-0.1, -0.05) is 6.92 Å². The summed E-state index contributed by atoms with van der Waals surface area (Å²) < 4.78 is 8.02. The molecule has 0 spiro atoms. The standard InChI is InChI=1S/C14H15N3OS2/c1-3-10-7-15-13(20-10)8-17-12-5-4-9(18-2)6-11(12)16-14(17)19/h4-7H,3,8H2,1-2H3,(H,16,19). The molecule has 2 heterocycles. The van der Waals surface area contributed by atoms with E-state index in [1.165, 1.54) is 4.88 Å². The van der Waals surface area contributed by atoms with Gasteiger partial charge in [-0.3, -0.25) is 0 Å². The van der Waals surface area contributed by atoms with E-state index in [9.17, 15) is 0 Å². The molecule has 0 saturated heterocycles. The van der Waals surface area contributed by atoms with Crippen molar-refractivity contribution in [1.29, 1.82) is 0 Å². The third kappa shape index (κ3) is 2.36. The molecule has 3 aromatic rings. The van der Waals surface area contributed by atoms with Crippen molar-refractivity contribution in [2.24, 2.45) is 0 Å². The number of aromatic nitrogens is 3. The van der Waals surface area contributed by atoms with Gasteiger partial charge in [0.1, 0.15) is 10.8 Å². The monoisotopic (exact) mass is 305 g/mol. The quantitative estimate of drug-likeness (QED) is 0.746. The lowest BCUT2D eigenvalue weighted by Gasteiger charge is -2.03. The summed E-state index contributed by atoms with van der Waals surface area (Å²) in [5.41, 5.74) is 2.06. The summed E-state index contributed by atoms with van der Waals surface area (Å²) in [5.74, 6) is 0.823. The van der Waals surface area contributed by atoms with Gasteiger partial charge in [-0.05, 0) is 30.8 Å². The SMILES string of the molecule is CCc1cnc(Cn2c(=S)[nH]c3cc(OC)ccc32)s1. The molecule has 0 bridgehead atoms. The molecule has 4 nitrogen and oxygen atoms in total. The summed E-state index contributed by atoms with van der Waals surface area (Å²) in [6.45, 7) is 2.84. The Balaban J connectivity index is 2.02. The molecule has 0 saturated carbocycles. The fraction of sp³-hybridized carbons (Fsp3) is 0.286. The smallest absolute Gasteiger partial charge is 0.178 e. The lowest BCUT2D eigenvalue weighted by molar-refractivity contribution is 0.415. The van der Waals surface area contributed by atoms with Gasteiger partial charge in [-0.15, -0.1) is 11.3 Å². The zero-order valence-corrected chi connectivity index (χ0v) is 13.0. The van der Waals surface area contributed by atoms with Crippen molar-refractivity contribution in [2.45, 2.75) is 19.9 Å². The molecule has 0 unspecified atom stereocenters. The highest BCUT2D eigenvalue weighted by Gasteiger charge is 2.08. The normalized spacial score (nSPS) is 11.1. The predicted molar refractivity (Wildman–Crippen MR) is 84.3 cm³/mol. The van der Waals surface area contributed by atoms with Crippen LogP contribution in [0.15, 0.2) is 24.4 Å². The summed E-state index contributed by atoms with van der Waals surface area (Å²) in [7, 11) is 1.66.